The lowest BCUT2D eigenvalue weighted by atomic mass is 10.0. The summed E-state index contributed by atoms with van der Waals surface area (Å²) in [6, 6.07) is 3.67. The number of rotatable bonds is 16. The standard InChI is InChI=1S/C24H36N6O7/c1-13(2)10-15(25)21(33)29-17(11-14-6-4-3-5-7-14)22(34)30-18(12-20(27)32)23(35)28-16(24(36)37)8-9-19(26)31/h3-7,13,15-18H,8-12,25H2,1-2H3,(H2,26,31)(H2,27,32)(H,28,35)(H,29,33)(H,30,34)(H,36,37). The van der Waals surface area contributed by atoms with E-state index in [2.05, 4.69) is 16.0 Å². The molecule has 10 N–H and O–H groups in total. The van der Waals surface area contributed by atoms with Crippen molar-refractivity contribution < 1.29 is 33.9 Å². The molecule has 204 valence electrons. The Labute approximate surface area is 214 Å². The van der Waals surface area contributed by atoms with Gasteiger partial charge in [0.05, 0.1) is 12.5 Å². The number of nitrogens with two attached hydrogens (primary N) is 3. The minimum Gasteiger partial charge on any atom is -0.480 e. The molecule has 1 aromatic carbocycles. The molecule has 0 bridgehead atoms. The quantitative estimate of drug-likeness (QED) is 0.132. The molecule has 37 heavy (non-hydrogen) atoms. The Hall–Kier alpha value is -4.00. The van der Waals surface area contributed by atoms with Gasteiger partial charge in [-0.2, -0.15) is 0 Å². The molecular formula is C24H36N6O7. The molecule has 0 aliphatic carbocycles. The number of amides is 5. The van der Waals surface area contributed by atoms with Gasteiger partial charge in [-0.3, -0.25) is 24.0 Å². The first-order valence-corrected chi connectivity index (χ1v) is 11.8. The summed E-state index contributed by atoms with van der Waals surface area (Å²) in [5.74, 6) is -5.40. The molecule has 0 saturated heterocycles. The first-order valence-electron chi connectivity index (χ1n) is 11.8. The number of carboxylic acids is 1. The largest absolute Gasteiger partial charge is 0.480 e. The minimum atomic E-state index is -1.54. The van der Waals surface area contributed by atoms with Crippen LogP contribution < -0.4 is 33.2 Å². The van der Waals surface area contributed by atoms with E-state index in [1.807, 2.05) is 13.8 Å². The highest BCUT2D eigenvalue weighted by molar-refractivity contribution is 5.96. The van der Waals surface area contributed by atoms with Crippen molar-refractivity contribution in [2.45, 2.75) is 70.1 Å². The second-order valence-electron chi connectivity index (χ2n) is 9.12. The molecule has 0 aromatic heterocycles. The van der Waals surface area contributed by atoms with Crippen LogP contribution in [0.25, 0.3) is 0 Å². The lowest BCUT2D eigenvalue weighted by Gasteiger charge is -2.25. The Morgan fingerprint density at radius 1 is 0.811 bits per heavy atom. The molecule has 0 saturated carbocycles. The molecule has 0 aliphatic heterocycles. The van der Waals surface area contributed by atoms with Crippen LogP contribution in [0.2, 0.25) is 0 Å². The van der Waals surface area contributed by atoms with Gasteiger partial charge in [-0.05, 0) is 24.3 Å². The Kier molecular flexibility index (Phi) is 12.7. The molecule has 13 heteroatoms. The third kappa shape index (κ3) is 12.0. The zero-order chi connectivity index (χ0) is 28.1. The number of hydrogen-bond donors (Lipinski definition) is 7. The summed E-state index contributed by atoms with van der Waals surface area (Å²) in [6.45, 7) is 3.78. The van der Waals surface area contributed by atoms with Crippen LogP contribution in [0.15, 0.2) is 30.3 Å². The number of benzene rings is 1. The highest BCUT2D eigenvalue weighted by atomic mass is 16.4. The number of primary amides is 2. The molecule has 0 aliphatic rings. The van der Waals surface area contributed by atoms with Gasteiger partial charge in [0.25, 0.3) is 0 Å². The van der Waals surface area contributed by atoms with Gasteiger partial charge in [0.15, 0.2) is 0 Å². The minimum absolute atomic E-state index is 0.0497. The van der Waals surface area contributed by atoms with Crippen LogP contribution in [0.4, 0.5) is 0 Å². The lowest BCUT2D eigenvalue weighted by molar-refractivity contribution is -0.142. The van der Waals surface area contributed by atoms with E-state index in [4.69, 9.17) is 17.2 Å². The number of nitrogens with one attached hydrogen (secondary N) is 3. The summed E-state index contributed by atoms with van der Waals surface area (Å²) in [7, 11) is 0. The lowest BCUT2D eigenvalue weighted by Crippen LogP contribution is -2.58. The molecular weight excluding hydrogens is 484 g/mol. The van der Waals surface area contributed by atoms with Gasteiger partial charge in [0, 0.05) is 12.8 Å². The van der Waals surface area contributed by atoms with Crippen molar-refractivity contribution in [3.63, 3.8) is 0 Å². The van der Waals surface area contributed by atoms with E-state index in [0.717, 1.165) is 0 Å². The van der Waals surface area contributed by atoms with Crippen LogP contribution >= 0.6 is 0 Å². The Morgan fingerprint density at radius 3 is 1.86 bits per heavy atom. The van der Waals surface area contributed by atoms with Crippen LogP contribution in [-0.2, 0) is 35.2 Å². The van der Waals surface area contributed by atoms with E-state index in [1.165, 1.54) is 0 Å². The molecule has 0 spiro atoms. The number of carbonyl (C=O) groups is 6. The number of hydrogen-bond acceptors (Lipinski definition) is 7. The van der Waals surface area contributed by atoms with Crippen molar-refractivity contribution >= 4 is 35.5 Å². The Bertz CT molecular complexity index is 970. The molecule has 5 amide bonds. The summed E-state index contributed by atoms with van der Waals surface area (Å²) in [5.41, 5.74) is 16.9. The van der Waals surface area contributed by atoms with Crippen LogP contribution in [0.1, 0.15) is 45.1 Å². The van der Waals surface area contributed by atoms with Crippen molar-refractivity contribution in [1.82, 2.24) is 16.0 Å². The maximum Gasteiger partial charge on any atom is 0.326 e. The van der Waals surface area contributed by atoms with Crippen molar-refractivity contribution in [2.75, 3.05) is 0 Å². The topological polar surface area (TPSA) is 237 Å². The number of carboxylic acid groups (broad SMARTS) is 1. The van der Waals surface area contributed by atoms with E-state index < -0.39 is 66.1 Å². The molecule has 1 rings (SSSR count). The SMILES string of the molecule is CC(C)CC(N)C(=O)NC(Cc1ccccc1)C(=O)NC(CC(N)=O)C(=O)NC(CCC(N)=O)C(=O)O. The average molecular weight is 521 g/mol. The van der Waals surface area contributed by atoms with Crippen LogP contribution in [0.5, 0.6) is 0 Å². The monoisotopic (exact) mass is 520 g/mol. The van der Waals surface area contributed by atoms with E-state index >= 15 is 0 Å². The number of aliphatic carboxylic acids is 1. The first kappa shape index (κ1) is 31.0. The van der Waals surface area contributed by atoms with Crippen molar-refractivity contribution in [3.8, 4) is 0 Å². The normalized spacial score (nSPS) is 14.1. The fourth-order valence-corrected chi connectivity index (χ4v) is 3.45. The summed E-state index contributed by atoms with van der Waals surface area (Å²) in [6.07, 6.45) is -0.827. The Balaban J connectivity index is 3.10. The van der Waals surface area contributed by atoms with E-state index in [-0.39, 0.29) is 25.2 Å². The van der Waals surface area contributed by atoms with Crippen molar-refractivity contribution in [2.24, 2.45) is 23.1 Å². The fourth-order valence-electron chi connectivity index (χ4n) is 3.45. The predicted octanol–water partition coefficient (Wildman–Crippen LogP) is -1.72. The average Bonchev–Trinajstić information content (AvgIpc) is 2.80. The zero-order valence-corrected chi connectivity index (χ0v) is 20.9. The maximum atomic E-state index is 13.2. The third-order valence-electron chi connectivity index (χ3n) is 5.31. The van der Waals surface area contributed by atoms with Gasteiger partial charge in [0.2, 0.25) is 29.5 Å². The molecule has 4 unspecified atom stereocenters. The molecule has 0 radical (unpaired) electrons. The fraction of sp³-hybridized carbons (Fsp3) is 0.500. The van der Waals surface area contributed by atoms with Gasteiger partial charge in [0.1, 0.15) is 18.1 Å². The number of carbonyl (C=O) groups excluding carboxylic acids is 5. The summed E-state index contributed by atoms with van der Waals surface area (Å²) >= 11 is 0. The second kappa shape index (κ2) is 15.2. The molecule has 0 fully saturated rings. The van der Waals surface area contributed by atoms with Gasteiger partial charge >= 0.3 is 5.97 Å². The first-order chi connectivity index (χ1) is 17.3. The summed E-state index contributed by atoms with van der Waals surface area (Å²) in [4.78, 5) is 72.7. The van der Waals surface area contributed by atoms with Gasteiger partial charge < -0.3 is 38.3 Å². The Morgan fingerprint density at radius 2 is 1.35 bits per heavy atom. The molecule has 1 aromatic rings. The molecule has 0 heterocycles. The smallest absolute Gasteiger partial charge is 0.326 e. The van der Waals surface area contributed by atoms with Crippen LogP contribution in [-0.4, -0.2) is 64.8 Å². The van der Waals surface area contributed by atoms with E-state index in [1.54, 1.807) is 30.3 Å². The zero-order valence-electron chi connectivity index (χ0n) is 20.9. The summed E-state index contributed by atoms with van der Waals surface area (Å²) < 4.78 is 0. The second-order valence-corrected chi connectivity index (χ2v) is 9.12. The van der Waals surface area contributed by atoms with Crippen molar-refractivity contribution in [3.05, 3.63) is 35.9 Å². The highest BCUT2D eigenvalue weighted by Gasteiger charge is 2.31. The molecule has 4 atom stereocenters. The van der Waals surface area contributed by atoms with Crippen LogP contribution in [0.3, 0.4) is 0 Å². The highest BCUT2D eigenvalue weighted by Crippen LogP contribution is 2.08. The predicted molar refractivity (Wildman–Crippen MR) is 133 cm³/mol. The van der Waals surface area contributed by atoms with E-state index in [0.29, 0.717) is 12.0 Å². The van der Waals surface area contributed by atoms with Crippen molar-refractivity contribution in [1.29, 1.82) is 0 Å². The molecule has 13 nitrogen and oxygen atoms in total. The van der Waals surface area contributed by atoms with Gasteiger partial charge in [-0.1, -0.05) is 44.2 Å². The maximum absolute atomic E-state index is 13.2. The van der Waals surface area contributed by atoms with E-state index in [9.17, 15) is 33.9 Å². The third-order valence-corrected chi connectivity index (χ3v) is 5.31. The van der Waals surface area contributed by atoms with Crippen LogP contribution in [0, 0.1) is 5.92 Å². The van der Waals surface area contributed by atoms with Gasteiger partial charge in [-0.25, -0.2) is 4.79 Å². The summed E-state index contributed by atoms with van der Waals surface area (Å²) in [5, 5.41) is 16.5. The van der Waals surface area contributed by atoms with Gasteiger partial charge in [-0.15, -0.1) is 0 Å².